The number of ether oxygens (including phenoxy) is 1. The van der Waals surface area contributed by atoms with Crippen LogP contribution in [0.2, 0.25) is 0 Å². The molecule has 0 aromatic rings. The van der Waals surface area contributed by atoms with Gasteiger partial charge in [0.05, 0.1) is 13.2 Å². The van der Waals surface area contributed by atoms with Crippen LogP contribution in [0.5, 0.6) is 0 Å². The minimum Gasteiger partial charge on any atom is -0.379 e. The van der Waals surface area contributed by atoms with Gasteiger partial charge in [-0.25, -0.2) is 0 Å². The highest BCUT2D eigenvalue weighted by atomic mass is 16.5. The van der Waals surface area contributed by atoms with E-state index < -0.39 is 0 Å². The molecule has 128 valence electrons. The summed E-state index contributed by atoms with van der Waals surface area (Å²) in [7, 11) is 12.8. The van der Waals surface area contributed by atoms with Gasteiger partial charge in [-0.05, 0) is 56.1 Å². The zero-order valence-corrected chi connectivity index (χ0v) is 15.6. The van der Waals surface area contributed by atoms with E-state index in [2.05, 4.69) is 75.7 Å². The Hall–Kier alpha value is -0.200. The third-order valence-electron chi connectivity index (χ3n) is 4.15. The van der Waals surface area contributed by atoms with Crippen molar-refractivity contribution in [3.05, 3.63) is 0 Å². The van der Waals surface area contributed by atoms with E-state index >= 15 is 0 Å². The zero-order chi connectivity index (χ0) is 16.4. The summed E-state index contributed by atoms with van der Waals surface area (Å²) in [6, 6.07) is 1.15. The summed E-state index contributed by atoms with van der Waals surface area (Å²) in [5.41, 5.74) is 0. The third-order valence-corrected chi connectivity index (χ3v) is 4.15. The largest absolute Gasteiger partial charge is 0.379 e. The molecule has 0 amide bonds. The molecule has 0 rings (SSSR count). The van der Waals surface area contributed by atoms with Crippen molar-refractivity contribution < 1.29 is 4.74 Å². The van der Waals surface area contributed by atoms with E-state index in [-0.39, 0.29) is 0 Å². The Morgan fingerprint density at radius 2 is 1.00 bits per heavy atom. The van der Waals surface area contributed by atoms with Crippen LogP contribution >= 0.6 is 0 Å². The molecule has 0 spiro atoms. The molecule has 0 aliphatic rings. The monoisotopic (exact) mass is 302 g/mol. The molecule has 0 fully saturated rings. The molecule has 0 aliphatic carbocycles. The molecule has 5 nitrogen and oxygen atoms in total. The summed E-state index contributed by atoms with van der Waals surface area (Å²) in [6.07, 6.45) is 0. The van der Waals surface area contributed by atoms with Crippen LogP contribution in [0.25, 0.3) is 0 Å². The molecule has 2 atom stereocenters. The summed E-state index contributed by atoms with van der Waals surface area (Å²) < 4.78 is 5.75. The molecule has 0 saturated heterocycles. The van der Waals surface area contributed by atoms with Gasteiger partial charge in [-0.2, -0.15) is 0 Å². The second-order valence-electron chi connectivity index (χ2n) is 6.76. The van der Waals surface area contributed by atoms with E-state index in [1.54, 1.807) is 0 Å². The number of nitrogens with zero attached hydrogens (tertiary/aromatic N) is 4. The first-order valence-corrected chi connectivity index (χ1v) is 8.01. The SMILES string of the molecule is CC(CN(C)CCOCCN(C)CC(C)N(C)C)N(C)C. The minimum atomic E-state index is 0.577. The lowest BCUT2D eigenvalue weighted by Crippen LogP contribution is -2.39. The molecular formula is C16H38N4O. The smallest absolute Gasteiger partial charge is 0.0593 e. The van der Waals surface area contributed by atoms with Crippen LogP contribution in [0.1, 0.15) is 13.8 Å². The van der Waals surface area contributed by atoms with Crippen LogP contribution in [-0.4, -0.2) is 113 Å². The van der Waals surface area contributed by atoms with Crippen LogP contribution in [0, 0.1) is 0 Å². The minimum absolute atomic E-state index is 0.577. The molecule has 5 heteroatoms. The van der Waals surface area contributed by atoms with Crippen molar-refractivity contribution in [1.29, 1.82) is 0 Å². The van der Waals surface area contributed by atoms with Crippen molar-refractivity contribution in [2.75, 3.05) is 81.7 Å². The Labute approximate surface area is 132 Å². The van der Waals surface area contributed by atoms with Crippen molar-refractivity contribution in [2.24, 2.45) is 0 Å². The first kappa shape index (κ1) is 20.8. The van der Waals surface area contributed by atoms with E-state index in [0.29, 0.717) is 12.1 Å². The van der Waals surface area contributed by atoms with E-state index in [1.165, 1.54) is 0 Å². The summed E-state index contributed by atoms with van der Waals surface area (Å²) in [5.74, 6) is 0. The Morgan fingerprint density at radius 3 is 1.29 bits per heavy atom. The zero-order valence-electron chi connectivity index (χ0n) is 15.6. The maximum absolute atomic E-state index is 5.75. The second kappa shape index (κ2) is 11.4. The molecular weight excluding hydrogens is 264 g/mol. The Kier molecular flexibility index (Phi) is 11.3. The molecule has 2 unspecified atom stereocenters. The fourth-order valence-electron chi connectivity index (χ4n) is 1.95. The van der Waals surface area contributed by atoms with Gasteiger partial charge in [-0.15, -0.1) is 0 Å². The quantitative estimate of drug-likeness (QED) is 0.495. The van der Waals surface area contributed by atoms with Gasteiger partial charge >= 0.3 is 0 Å². The highest BCUT2D eigenvalue weighted by Gasteiger charge is 2.09. The molecule has 0 radical (unpaired) electrons. The highest BCUT2D eigenvalue weighted by molar-refractivity contribution is 4.65. The molecule has 0 aliphatic heterocycles. The predicted octanol–water partition coefficient (Wildman–Crippen LogP) is 0.767. The van der Waals surface area contributed by atoms with Crippen LogP contribution in [-0.2, 0) is 4.74 Å². The van der Waals surface area contributed by atoms with Gasteiger partial charge < -0.3 is 24.3 Å². The second-order valence-corrected chi connectivity index (χ2v) is 6.76. The van der Waals surface area contributed by atoms with Crippen LogP contribution in [0.3, 0.4) is 0 Å². The molecule has 0 N–H and O–H groups in total. The molecule has 0 aromatic carbocycles. The van der Waals surface area contributed by atoms with Crippen molar-refractivity contribution in [3.63, 3.8) is 0 Å². The molecule has 0 aromatic heterocycles. The van der Waals surface area contributed by atoms with Crippen molar-refractivity contribution in [2.45, 2.75) is 25.9 Å². The van der Waals surface area contributed by atoms with Crippen LogP contribution in [0.15, 0.2) is 0 Å². The van der Waals surface area contributed by atoms with Crippen LogP contribution < -0.4 is 0 Å². The number of likely N-dealkylation sites (N-methyl/N-ethyl adjacent to an activating group) is 4. The molecule has 0 saturated carbocycles. The van der Waals surface area contributed by atoms with E-state index in [4.69, 9.17) is 4.74 Å². The number of rotatable bonds is 12. The van der Waals surface area contributed by atoms with Gasteiger partial charge in [0.2, 0.25) is 0 Å². The molecule has 0 heterocycles. The van der Waals surface area contributed by atoms with Gasteiger partial charge in [0.25, 0.3) is 0 Å². The Balaban J connectivity index is 3.59. The Morgan fingerprint density at radius 1 is 0.667 bits per heavy atom. The van der Waals surface area contributed by atoms with Gasteiger partial charge in [0.15, 0.2) is 0 Å². The number of hydrogen-bond donors (Lipinski definition) is 0. The van der Waals surface area contributed by atoms with Gasteiger partial charge in [-0.1, -0.05) is 0 Å². The van der Waals surface area contributed by atoms with Crippen LogP contribution in [0.4, 0.5) is 0 Å². The Bertz CT molecular complexity index is 224. The topological polar surface area (TPSA) is 22.2 Å². The standard InChI is InChI=1S/C16H38N4O/c1-15(17(3)4)13-19(7)9-11-21-12-10-20(8)14-16(2)18(5)6/h15-16H,9-14H2,1-8H3. The highest BCUT2D eigenvalue weighted by Crippen LogP contribution is 1.96. The average Bonchev–Trinajstić information content (AvgIpc) is 2.37. The van der Waals surface area contributed by atoms with Crippen molar-refractivity contribution in [3.8, 4) is 0 Å². The average molecular weight is 303 g/mol. The number of hydrogen-bond acceptors (Lipinski definition) is 5. The summed E-state index contributed by atoms with van der Waals surface area (Å²) in [5, 5.41) is 0. The fourth-order valence-corrected chi connectivity index (χ4v) is 1.95. The maximum Gasteiger partial charge on any atom is 0.0593 e. The fraction of sp³-hybridized carbons (Fsp3) is 1.00. The summed E-state index contributed by atoms with van der Waals surface area (Å²) in [6.45, 7) is 10.3. The lowest BCUT2D eigenvalue weighted by Gasteiger charge is -2.27. The summed E-state index contributed by atoms with van der Waals surface area (Å²) in [4.78, 5) is 9.17. The maximum atomic E-state index is 5.75. The third kappa shape index (κ3) is 11.1. The van der Waals surface area contributed by atoms with E-state index in [1.807, 2.05) is 0 Å². The van der Waals surface area contributed by atoms with Crippen molar-refractivity contribution in [1.82, 2.24) is 19.6 Å². The summed E-state index contributed by atoms with van der Waals surface area (Å²) >= 11 is 0. The first-order valence-electron chi connectivity index (χ1n) is 8.01. The normalized spacial score (nSPS) is 15.4. The molecule has 0 bridgehead atoms. The molecule has 21 heavy (non-hydrogen) atoms. The van der Waals surface area contributed by atoms with Crippen molar-refractivity contribution >= 4 is 0 Å². The lowest BCUT2D eigenvalue weighted by atomic mass is 10.3. The van der Waals surface area contributed by atoms with E-state index in [9.17, 15) is 0 Å². The predicted molar refractivity (Wildman–Crippen MR) is 92.1 cm³/mol. The first-order chi connectivity index (χ1) is 9.73. The van der Waals surface area contributed by atoms with Gasteiger partial charge in [0, 0.05) is 38.3 Å². The van der Waals surface area contributed by atoms with Gasteiger partial charge in [0.1, 0.15) is 0 Å². The van der Waals surface area contributed by atoms with E-state index in [0.717, 1.165) is 39.4 Å². The lowest BCUT2D eigenvalue weighted by molar-refractivity contribution is 0.0842. The van der Waals surface area contributed by atoms with Gasteiger partial charge in [-0.3, -0.25) is 0 Å².